The predicted molar refractivity (Wildman–Crippen MR) is 116 cm³/mol. The number of sulfonamides is 1. The zero-order chi connectivity index (χ0) is 22.3. The van der Waals surface area contributed by atoms with Gasteiger partial charge in [0.2, 0.25) is 15.9 Å². The molecule has 1 aromatic carbocycles. The fourth-order valence-corrected chi connectivity index (χ4v) is 4.74. The molecule has 2 N–H and O–H groups in total. The molecule has 1 amide bonds. The molecule has 2 rings (SSSR count). The van der Waals surface area contributed by atoms with Crippen LogP contribution in [0.1, 0.15) is 27.7 Å². The Labute approximate surface area is 180 Å². The molecule has 1 aromatic rings. The number of ether oxygens (including phenoxy) is 2. The largest absolute Gasteiger partial charge is 0.497 e. The van der Waals surface area contributed by atoms with Gasteiger partial charge in [-0.2, -0.15) is 4.72 Å². The molecule has 1 saturated heterocycles. The SMILES string of the molecule is COc1ccc(S(=O)(=O)N[C@H](C(=O)NCC2CN(CC(C)C)CCO2)C(C)C)cc1. The second-order valence-corrected chi connectivity index (χ2v) is 10.1. The zero-order valence-electron chi connectivity index (χ0n) is 18.6. The lowest BCUT2D eigenvalue weighted by Crippen LogP contribution is -2.53. The number of rotatable bonds is 10. The molecule has 0 aromatic heterocycles. The summed E-state index contributed by atoms with van der Waals surface area (Å²) in [6, 6.07) is 5.17. The fourth-order valence-electron chi connectivity index (χ4n) is 3.39. The van der Waals surface area contributed by atoms with E-state index < -0.39 is 16.1 Å². The monoisotopic (exact) mass is 441 g/mol. The van der Waals surface area contributed by atoms with Crippen LogP contribution in [-0.2, 0) is 19.6 Å². The van der Waals surface area contributed by atoms with Gasteiger partial charge in [0.05, 0.1) is 24.7 Å². The van der Waals surface area contributed by atoms with Crippen LogP contribution in [0.15, 0.2) is 29.2 Å². The molecule has 0 spiro atoms. The maximum absolute atomic E-state index is 12.8. The normalized spacial score (nSPS) is 19.1. The molecule has 1 heterocycles. The third kappa shape index (κ3) is 7.23. The lowest BCUT2D eigenvalue weighted by atomic mass is 10.0. The van der Waals surface area contributed by atoms with E-state index in [2.05, 4.69) is 28.8 Å². The molecule has 2 atom stereocenters. The van der Waals surface area contributed by atoms with Gasteiger partial charge in [0.15, 0.2) is 0 Å². The lowest BCUT2D eigenvalue weighted by Gasteiger charge is -2.34. The van der Waals surface area contributed by atoms with E-state index in [1.54, 1.807) is 12.1 Å². The Kier molecular flexibility index (Phi) is 9.09. The maximum atomic E-state index is 12.8. The molecule has 0 saturated carbocycles. The summed E-state index contributed by atoms with van der Waals surface area (Å²) in [5.41, 5.74) is 0. The van der Waals surface area contributed by atoms with Crippen LogP contribution in [0.3, 0.4) is 0 Å². The molecule has 0 bridgehead atoms. The Hall–Kier alpha value is -1.68. The number of morpholine rings is 1. The van der Waals surface area contributed by atoms with E-state index in [0.29, 0.717) is 24.8 Å². The molecule has 1 aliphatic heterocycles. The van der Waals surface area contributed by atoms with Gasteiger partial charge >= 0.3 is 0 Å². The van der Waals surface area contributed by atoms with E-state index in [-0.39, 0.29) is 22.8 Å². The first-order valence-electron chi connectivity index (χ1n) is 10.4. The molecule has 170 valence electrons. The molecule has 1 unspecified atom stereocenters. The number of hydrogen-bond acceptors (Lipinski definition) is 6. The number of benzene rings is 1. The van der Waals surface area contributed by atoms with Crippen molar-refractivity contribution < 1.29 is 22.7 Å². The molecule has 1 fully saturated rings. The first-order valence-corrected chi connectivity index (χ1v) is 11.9. The van der Waals surface area contributed by atoms with Gasteiger partial charge < -0.3 is 14.8 Å². The molecular formula is C21H35N3O5S. The van der Waals surface area contributed by atoms with E-state index in [0.717, 1.165) is 19.6 Å². The number of methoxy groups -OCH3 is 1. The van der Waals surface area contributed by atoms with E-state index in [1.165, 1.54) is 19.2 Å². The molecule has 0 aliphatic carbocycles. The van der Waals surface area contributed by atoms with Crippen molar-refractivity contribution >= 4 is 15.9 Å². The zero-order valence-corrected chi connectivity index (χ0v) is 19.4. The van der Waals surface area contributed by atoms with Crippen molar-refractivity contribution in [2.24, 2.45) is 11.8 Å². The highest BCUT2D eigenvalue weighted by atomic mass is 32.2. The maximum Gasteiger partial charge on any atom is 0.241 e. The van der Waals surface area contributed by atoms with Gasteiger partial charge in [-0.15, -0.1) is 0 Å². The minimum absolute atomic E-state index is 0.0849. The van der Waals surface area contributed by atoms with Gasteiger partial charge in [0, 0.05) is 26.2 Å². The summed E-state index contributed by atoms with van der Waals surface area (Å²) >= 11 is 0. The number of nitrogens with one attached hydrogen (secondary N) is 2. The van der Waals surface area contributed by atoms with E-state index >= 15 is 0 Å². The van der Waals surface area contributed by atoms with Gasteiger partial charge in [-0.25, -0.2) is 8.42 Å². The summed E-state index contributed by atoms with van der Waals surface area (Å²) in [4.78, 5) is 15.2. The summed E-state index contributed by atoms with van der Waals surface area (Å²) in [6.07, 6.45) is -0.104. The Morgan fingerprint density at radius 3 is 2.47 bits per heavy atom. The van der Waals surface area contributed by atoms with Crippen molar-refractivity contribution in [3.05, 3.63) is 24.3 Å². The van der Waals surface area contributed by atoms with E-state index in [1.807, 2.05) is 13.8 Å². The standard InChI is InChI=1S/C21H35N3O5S/c1-15(2)13-24-10-11-29-18(14-24)12-22-21(25)20(16(3)4)23-30(26,27)19-8-6-17(28-5)7-9-19/h6-9,15-16,18,20,23H,10-14H2,1-5H3,(H,22,25)/t18?,20-/m0/s1. The van der Waals surface area contributed by atoms with Gasteiger partial charge in [-0.1, -0.05) is 27.7 Å². The van der Waals surface area contributed by atoms with Crippen LogP contribution in [-0.4, -0.2) is 71.3 Å². The Morgan fingerprint density at radius 1 is 1.23 bits per heavy atom. The van der Waals surface area contributed by atoms with Crippen LogP contribution in [0, 0.1) is 11.8 Å². The van der Waals surface area contributed by atoms with Gasteiger partial charge in [0.1, 0.15) is 11.8 Å². The predicted octanol–water partition coefficient (Wildman–Crippen LogP) is 1.47. The summed E-state index contributed by atoms with van der Waals surface area (Å²) in [5, 5.41) is 2.86. The molecular weight excluding hydrogens is 406 g/mol. The molecule has 1 aliphatic rings. The Balaban J connectivity index is 1.97. The van der Waals surface area contributed by atoms with Gasteiger partial charge in [-0.05, 0) is 36.1 Å². The molecule has 8 nitrogen and oxygen atoms in total. The smallest absolute Gasteiger partial charge is 0.241 e. The van der Waals surface area contributed by atoms with Crippen molar-refractivity contribution in [3.63, 3.8) is 0 Å². The average Bonchev–Trinajstić information content (AvgIpc) is 2.70. The highest BCUT2D eigenvalue weighted by molar-refractivity contribution is 7.89. The molecule has 30 heavy (non-hydrogen) atoms. The Bertz CT molecular complexity index is 780. The van der Waals surface area contributed by atoms with Crippen molar-refractivity contribution in [2.45, 2.75) is 44.7 Å². The van der Waals surface area contributed by atoms with Crippen molar-refractivity contribution in [1.82, 2.24) is 14.9 Å². The van der Waals surface area contributed by atoms with Crippen LogP contribution in [0.5, 0.6) is 5.75 Å². The first kappa shape index (κ1) is 24.6. The third-order valence-corrected chi connectivity index (χ3v) is 6.41. The van der Waals surface area contributed by atoms with Crippen LogP contribution in [0.4, 0.5) is 0 Å². The minimum atomic E-state index is -3.85. The lowest BCUT2D eigenvalue weighted by molar-refractivity contribution is -0.124. The van der Waals surface area contributed by atoms with Crippen molar-refractivity contribution in [2.75, 3.05) is 39.9 Å². The second-order valence-electron chi connectivity index (χ2n) is 8.41. The first-order chi connectivity index (χ1) is 14.1. The number of amides is 1. The average molecular weight is 442 g/mol. The van der Waals surface area contributed by atoms with Crippen LogP contribution >= 0.6 is 0 Å². The summed E-state index contributed by atoms with van der Waals surface area (Å²) in [6.45, 7) is 11.6. The number of nitrogens with zero attached hydrogens (tertiary/aromatic N) is 1. The minimum Gasteiger partial charge on any atom is -0.497 e. The molecule has 9 heteroatoms. The summed E-state index contributed by atoms with van der Waals surface area (Å²) < 4.78 is 38.8. The van der Waals surface area contributed by atoms with Gasteiger partial charge in [0.25, 0.3) is 0 Å². The van der Waals surface area contributed by atoms with Crippen LogP contribution in [0.2, 0.25) is 0 Å². The van der Waals surface area contributed by atoms with E-state index in [9.17, 15) is 13.2 Å². The third-order valence-electron chi connectivity index (χ3n) is 4.95. The topological polar surface area (TPSA) is 97.0 Å². The summed E-state index contributed by atoms with van der Waals surface area (Å²) in [7, 11) is -2.33. The highest BCUT2D eigenvalue weighted by Gasteiger charge is 2.29. The number of carbonyl (C=O) groups excluding carboxylic acids is 1. The number of hydrogen-bond donors (Lipinski definition) is 2. The highest BCUT2D eigenvalue weighted by Crippen LogP contribution is 2.17. The van der Waals surface area contributed by atoms with Crippen LogP contribution < -0.4 is 14.8 Å². The second kappa shape index (κ2) is 11.1. The van der Waals surface area contributed by atoms with Crippen molar-refractivity contribution in [1.29, 1.82) is 0 Å². The number of carbonyl (C=O) groups is 1. The van der Waals surface area contributed by atoms with E-state index in [4.69, 9.17) is 9.47 Å². The fraction of sp³-hybridized carbons (Fsp3) is 0.667. The quantitative estimate of drug-likeness (QED) is 0.571. The van der Waals surface area contributed by atoms with Gasteiger partial charge in [-0.3, -0.25) is 9.69 Å². The summed E-state index contributed by atoms with van der Waals surface area (Å²) in [5.74, 6) is 0.552. The molecule has 0 radical (unpaired) electrons. The van der Waals surface area contributed by atoms with Crippen LogP contribution in [0.25, 0.3) is 0 Å². The van der Waals surface area contributed by atoms with Crippen molar-refractivity contribution in [3.8, 4) is 5.75 Å². The Morgan fingerprint density at radius 2 is 1.90 bits per heavy atom.